The third-order valence-electron chi connectivity index (χ3n) is 4.40. The highest BCUT2D eigenvalue weighted by molar-refractivity contribution is 6.44. The van der Waals surface area contributed by atoms with E-state index in [0.717, 1.165) is 17.1 Å². The Bertz CT molecular complexity index is 844. The van der Waals surface area contributed by atoms with Gasteiger partial charge in [-0.15, -0.1) is 0 Å². The number of hydrogen-bond donors (Lipinski definition) is 1. The molecule has 1 N–H and O–H groups in total. The second-order valence-electron chi connectivity index (χ2n) is 6.77. The Morgan fingerprint density at radius 1 is 1.04 bits per heavy atom. The van der Waals surface area contributed by atoms with Crippen LogP contribution in [0.1, 0.15) is 26.7 Å². The molecule has 0 radical (unpaired) electrons. The van der Waals surface area contributed by atoms with Crippen molar-refractivity contribution >= 4 is 34.6 Å². The van der Waals surface area contributed by atoms with Crippen molar-refractivity contribution in [1.29, 1.82) is 0 Å². The number of hydrogen-bond acceptors (Lipinski definition) is 4. The van der Waals surface area contributed by atoms with E-state index in [2.05, 4.69) is 10.4 Å². The zero-order chi connectivity index (χ0) is 19.4. The average molecular weight is 364 g/mol. The fourth-order valence-electron chi connectivity index (χ4n) is 3.01. The highest BCUT2D eigenvalue weighted by atomic mass is 16.2. The van der Waals surface area contributed by atoms with Gasteiger partial charge < -0.3 is 10.2 Å². The summed E-state index contributed by atoms with van der Waals surface area (Å²) in [6.07, 6.45) is 0.686. The summed E-state index contributed by atoms with van der Waals surface area (Å²) in [6, 6.07) is 17.6. The second kappa shape index (κ2) is 8.03. The van der Waals surface area contributed by atoms with E-state index in [4.69, 9.17) is 0 Å². The Morgan fingerprint density at radius 3 is 2.26 bits per heavy atom. The van der Waals surface area contributed by atoms with E-state index in [0.29, 0.717) is 18.6 Å². The highest BCUT2D eigenvalue weighted by Gasteiger charge is 2.28. The van der Waals surface area contributed by atoms with Crippen molar-refractivity contribution in [3.8, 4) is 0 Å². The molecule has 0 atom stereocenters. The standard InChI is InChI=1S/C21H24N4O2/c1-15(2)25(21(27)19-13-14-20(26)24(3)23-19)18-11-9-17(10-12-18)22-16-7-5-4-6-8-16/h4-12,15,22H,13-14H2,1-3H3. The van der Waals surface area contributed by atoms with Crippen LogP contribution in [-0.4, -0.2) is 35.6 Å². The minimum Gasteiger partial charge on any atom is -0.356 e. The number of hydrazone groups is 1. The molecule has 0 aromatic heterocycles. The van der Waals surface area contributed by atoms with Gasteiger partial charge in [0, 0.05) is 43.0 Å². The molecule has 140 valence electrons. The smallest absolute Gasteiger partial charge is 0.274 e. The molecule has 2 aromatic rings. The van der Waals surface area contributed by atoms with E-state index in [9.17, 15) is 9.59 Å². The van der Waals surface area contributed by atoms with Crippen LogP contribution in [0.4, 0.5) is 17.1 Å². The van der Waals surface area contributed by atoms with Crippen LogP contribution in [0, 0.1) is 0 Å². The number of rotatable bonds is 5. The summed E-state index contributed by atoms with van der Waals surface area (Å²) in [6.45, 7) is 3.93. The minimum atomic E-state index is -0.159. The van der Waals surface area contributed by atoms with Crippen LogP contribution in [-0.2, 0) is 9.59 Å². The minimum absolute atomic E-state index is 0.0314. The van der Waals surface area contributed by atoms with E-state index in [-0.39, 0.29) is 17.9 Å². The lowest BCUT2D eigenvalue weighted by Crippen LogP contribution is -2.44. The van der Waals surface area contributed by atoms with E-state index in [1.807, 2.05) is 68.4 Å². The van der Waals surface area contributed by atoms with Gasteiger partial charge in [-0.05, 0) is 50.2 Å². The van der Waals surface area contributed by atoms with Gasteiger partial charge in [-0.3, -0.25) is 9.59 Å². The molecular weight excluding hydrogens is 340 g/mol. The van der Waals surface area contributed by atoms with E-state index in [1.165, 1.54) is 5.01 Å². The molecule has 0 saturated heterocycles. The molecule has 6 nitrogen and oxygen atoms in total. The quantitative estimate of drug-likeness (QED) is 0.878. The van der Waals surface area contributed by atoms with E-state index < -0.39 is 0 Å². The lowest BCUT2D eigenvalue weighted by molar-refractivity contribution is -0.130. The number of anilines is 3. The summed E-state index contributed by atoms with van der Waals surface area (Å²) in [5.41, 5.74) is 3.17. The summed E-state index contributed by atoms with van der Waals surface area (Å²) in [5, 5.41) is 8.75. The number of nitrogens with zero attached hydrogens (tertiary/aromatic N) is 3. The fraction of sp³-hybridized carbons (Fsp3) is 0.286. The van der Waals surface area contributed by atoms with Gasteiger partial charge >= 0.3 is 0 Å². The first-order chi connectivity index (χ1) is 13.0. The van der Waals surface area contributed by atoms with Gasteiger partial charge in [0.2, 0.25) is 5.91 Å². The molecule has 0 spiro atoms. The van der Waals surface area contributed by atoms with Gasteiger partial charge in [0.05, 0.1) is 0 Å². The molecule has 1 aliphatic rings. The van der Waals surface area contributed by atoms with Crippen LogP contribution in [0.25, 0.3) is 0 Å². The van der Waals surface area contributed by atoms with Gasteiger partial charge in [-0.1, -0.05) is 18.2 Å². The molecule has 2 aromatic carbocycles. The Morgan fingerprint density at radius 2 is 1.67 bits per heavy atom. The Hall–Kier alpha value is -3.15. The summed E-state index contributed by atoms with van der Waals surface area (Å²) in [7, 11) is 1.58. The maximum absolute atomic E-state index is 13.0. The van der Waals surface area contributed by atoms with Gasteiger partial charge in [-0.2, -0.15) is 5.10 Å². The van der Waals surface area contributed by atoms with Crippen molar-refractivity contribution in [2.24, 2.45) is 5.10 Å². The number of amides is 2. The van der Waals surface area contributed by atoms with Crippen molar-refractivity contribution < 1.29 is 9.59 Å². The van der Waals surface area contributed by atoms with Gasteiger partial charge in [0.1, 0.15) is 5.71 Å². The predicted molar refractivity (Wildman–Crippen MR) is 108 cm³/mol. The first kappa shape index (κ1) is 18.6. The first-order valence-corrected chi connectivity index (χ1v) is 9.05. The van der Waals surface area contributed by atoms with Crippen LogP contribution in [0.2, 0.25) is 0 Å². The van der Waals surface area contributed by atoms with Crippen molar-refractivity contribution in [1.82, 2.24) is 5.01 Å². The zero-order valence-electron chi connectivity index (χ0n) is 15.8. The molecule has 2 amide bonds. The molecule has 0 aliphatic carbocycles. The van der Waals surface area contributed by atoms with Gasteiger partial charge in [0.15, 0.2) is 0 Å². The molecule has 6 heteroatoms. The molecule has 3 rings (SSSR count). The summed E-state index contributed by atoms with van der Waals surface area (Å²) in [4.78, 5) is 26.3. The van der Waals surface area contributed by atoms with Gasteiger partial charge in [0.25, 0.3) is 5.91 Å². The van der Waals surface area contributed by atoms with E-state index >= 15 is 0 Å². The molecular formula is C21H24N4O2. The van der Waals surface area contributed by atoms with Crippen LogP contribution >= 0.6 is 0 Å². The maximum atomic E-state index is 13.0. The maximum Gasteiger partial charge on any atom is 0.274 e. The molecule has 1 heterocycles. The highest BCUT2D eigenvalue weighted by Crippen LogP contribution is 2.24. The fourth-order valence-corrected chi connectivity index (χ4v) is 3.01. The molecule has 0 saturated carbocycles. The Balaban J connectivity index is 1.80. The topological polar surface area (TPSA) is 65.0 Å². The van der Waals surface area contributed by atoms with Crippen molar-refractivity contribution in [3.05, 3.63) is 54.6 Å². The van der Waals surface area contributed by atoms with Crippen LogP contribution in [0.5, 0.6) is 0 Å². The largest absolute Gasteiger partial charge is 0.356 e. The summed E-state index contributed by atoms with van der Waals surface area (Å²) < 4.78 is 0. The zero-order valence-corrected chi connectivity index (χ0v) is 15.8. The molecule has 0 unspecified atom stereocenters. The average Bonchev–Trinajstić information content (AvgIpc) is 2.66. The Kier molecular flexibility index (Phi) is 5.54. The van der Waals surface area contributed by atoms with Crippen LogP contribution in [0.3, 0.4) is 0 Å². The number of benzene rings is 2. The lowest BCUT2D eigenvalue weighted by atomic mass is 10.1. The van der Waals surface area contributed by atoms with Crippen molar-refractivity contribution in [2.75, 3.05) is 17.3 Å². The number of para-hydroxylation sites is 1. The SMILES string of the molecule is CC(C)N(C(=O)C1=NN(C)C(=O)CC1)c1ccc(Nc2ccccc2)cc1. The molecule has 0 fully saturated rings. The summed E-state index contributed by atoms with van der Waals surface area (Å²) in [5.74, 6) is -0.230. The normalized spacial score (nSPS) is 14.1. The lowest BCUT2D eigenvalue weighted by Gasteiger charge is -2.29. The second-order valence-corrected chi connectivity index (χ2v) is 6.77. The number of carbonyl (C=O) groups is 2. The molecule has 0 bridgehead atoms. The molecule has 27 heavy (non-hydrogen) atoms. The Labute approximate surface area is 159 Å². The summed E-state index contributed by atoms with van der Waals surface area (Å²) >= 11 is 0. The predicted octanol–water partition coefficient (Wildman–Crippen LogP) is 3.78. The first-order valence-electron chi connectivity index (χ1n) is 9.05. The molecule has 1 aliphatic heterocycles. The van der Waals surface area contributed by atoms with E-state index in [1.54, 1.807) is 11.9 Å². The van der Waals surface area contributed by atoms with Crippen molar-refractivity contribution in [3.63, 3.8) is 0 Å². The number of carbonyl (C=O) groups excluding carboxylic acids is 2. The third kappa shape index (κ3) is 4.34. The van der Waals surface area contributed by atoms with Crippen LogP contribution < -0.4 is 10.2 Å². The number of nitrogens with one attached hydrogen (secondary N) is 1. The monoisotopic (exact) mass is 364 g/mol. The van der Waals surface area contributed by atoms with Crippen LogP contribution in [0.15, 0.2) is 59.7 Å². The third-order valence-corrected chi connectivity index (χ3v) is 4.40. The van der Waals surface area contributed by atoms with Gasteiger partial charge in [-0.25, -0.2) is 5.01 Å². The van der Waals surface area contributed by atoms with Crippen molar-refractivity contribution in [2.45, 2.75) is 32.7 Å².